The number of benzene rings is 2. The molecule has 0 bridgehead atoms. The Morgan fingerprint density at radius 2 is 1.85 bits per heavy atom. The van der Waals surface area contributed by atoms with Gasteiger partial charge in [0.1, 0.15) is 11.9 Å². The molecule has 4 rings (SSSR count). The summed E-state index contributed by atoms with van der Waals surface area (Å²) in [5.41, 5.74) is 0.753. The molecule has 2 aromatic carbocycles. The Balaban J connectivity index is 1.45. The van der Waals surface area contributed by atoms with Crippen molar-refractivity contribution in [2.45, 2.75) is 30.9 Å². The largest absolute Gasteiger partial charge is 0.451 e. The van der Waals surface area contributed by atoms with Crippen LogP contribution < -0.4 is 4.72 Å². The minimum atomic E-state index is -3.73. The normalized spacial score (nSPS) is 17.1. The second kappa shape index (κ2) is 8.43. The SMILES string of the molecule is CC(N=C1NS(=O)(=O)c2ccccc21)C(=O)OC(C)c1nnc(-c2ccc([N+](=O)[O-])cc2)o1. The molecular weight excluding hydrogens is 454 g/mol. The highest BCUT2D eigenvalue weighted by molar-refractivity contribution is 7.90. The van der Waals surface area contributed by atoms with E-state index in [1.165, 1.54) is 44.2 Å². The van der Waals surface area contributed by atoms with E-state index >= 15 is 0 Å². The van der Waals surface area contributed by atoms with E-state index in [4.69, 9.17) is 9.15 Å². The number of aromatic nitrogens is 2. The molecule has 0 spiro atoms. The van der Waals surface area contributed by atoms with Crippen LogP contribution in [-0.4, -0.2) is 41.4 Å². The molecule has 33 heavy (non-hydrogen) atoms. The molecular formula is C20H17N5O7S. The number of nitrogens with zero attached hydrogens (tertiary/aromatic N) is 4. The number of esters is 1. The lowest BCUT2D eigenvalue weighted by molar-refractivity contribution is -0.384. The number of nitro benzene ring substituents is 1. The lowest BCUT2D eigenvalue weighted by Gasteiger charge is -2.12. The van der Waals surface area contributed by atoms with Gasteiger partial charge in [0, 0.05) is 23.3 Å². The lowest BCUT2D eigenvalue weighted by atomic mass is 10.2. The Hall–Kier alpha value is -4.13. The number of hydrogen-bond acceptors (Lipinski definition) is 10. The van der Waals surface area contributed by atoms with Crippen molar-refractivity contribution in [2.75, 3.05) is 0 Å². The molecule has 2 unspecified atom stereocenters. The van der Waals surface area contributed by atoms with Crippen molar-refractivity contribution in [3.8, 4) is 11.5 Å². The van der Waals surface area contributed by atoms with Gasteiger partial charge in [-0.15, -0.1) is 10.2 Å². The average Bonchev–Trinajstić information content (AvgIpc) is 3.37. The van der Waals surface area contributed by atoms with E-state index < -0.39 is 33.1 Å². The zero-order valence-electron chi connectivity index (χ0n) is 17.3. The summed E-state index contributed by atoms with van der Waals surface area (Å²) in [7, 11) is -3.73. The Labute approximate surface area is 187 Å². The van der Waals surface area contributed by atoms with Crippen molar-refractivity contribution in [3.05, 3.63) is 70.1 Å². The number of aliphatic imine (C=N–C) groups is 1. The van der Waals surface area contributed by atoms with Crippen LogP contribution in [0, 0.1) is 10.1 Å². The Kier molecular flexibility index (Phi) is 5.64. The number of carbonyl (C=O) groups is 1. The maximum atomic E-state index is 12.5. The molecule has 3 aromatic rings. The summed E-state index contributed by atoms with van der Waals surface area (Å²) in [5.74, 6) is -0.550. The van der Waals surface area contributed by atoms with Crippen LogP contribution in [0.15, 0.2) is 62.8 Å². The predicted molar refractivity (Wildman–Crippen MR) is 114 cm³/mol. The number of carbonyl (C=O) groups excluding carboxylic acids is 1. The van der Waals surface area contributed by atoms with Gasteiger partial charge in [-0.1, -0.05) is 12.1 Å². The van der Waals surface area contributed by atoms with Crippen molar-refractivity contribution in [3.63, 3.8) is 0 Å². The molecule has 0 saturated heterocycles. The van der Waals surface area contributed by atoms with E-state index in [0.29, 0.717) is 11.1 Å². The van der Waals surface area contributed by atoms with Gasteiger partial charge in [-0.3, -0.25) is 19.8 Å². The van der Waals surface area contributed by atoms with Crippen molar-refractivity contribution in [1.82, 2.24) is 14.9 Å². The van der Waals surface area contributed by atoms with Crippen molar-refractivity contribution >= 4 is 27.5 Å². The van der Waals surface area contributed by atoms with Crippen LogP contribution in [0.4, 0.5) is 5.69 Å². The van der Waals surface area contributed by atoms with Gasteiger partial charge in [0.15, 0.2) is 6.10 Å². The van der Waals surface area contributed by atoms with Gasteiger partial charge in [-0.25, -0.2) is 13.2 Å². The fourth-order valence-electron chi connectivity index (χ4n) is 3.04. The highest BCUT2D eigenvalue weighted by Gasteiger charge is 2.31. The molecule has 12 nitrogen and oxygen atoms in total. The van der Waals surface area contributed by atoms with E-state index in [1.807, 2.05) is 0 Å². The van der Waals surface area contributed by atoms with Gasteiger partial charge in [-0.05, 0) is 38.1 Å². The van der Waals surface area contributed by atoms with E-state index in [0.717, 1.165) is 0 Å². The van der Waals surface area contributed by atoms with Gasteiger partial charge in [0.25, 0.3) is 21.6 Å². The molecule has 2 atom stereocenters. The third-order valence-electron chi connectivity index (χ3n) is 4.73. The maximum Gasteiger partial charge on any atom is 0.331 e. The van der Waals surface area contributed by atoms with Gasteiger partial charge in [-0.2, -0.15) is 0 Å². The van der Waals surface area contributed by atoms with E-state index in [1.54, 1.807) is 18.2 Å². The lowest BCUT2D eigenvalue weighted by Crippen LogP contribution is -2.27. The first-order chi connectivity index (χ1) is 15.7. The number of fused-ring (bicyclic) bond motifs is 1. The van der Waals surface area contributed by atoms with Crippen LogP contribution in [-0.2, 0) is 19.6 Å². The molecule has 0 amide bonds. The third-order valence-corrected chi connectivity index (χ3v) is 6.13. The van der Waals surface area contributed by atoms with Crippen molar-refractivity contribution in [2.24, 2.45) is 4.99 Å². The molecule has 0 fully saturated rings. The fourth-order valence-corrected chi connectivity index (χ4v) is 4.28. The second-order valence-corrected chi connectivity index (χ2v) is 8.73. The fraction of sp³-hybridized carbons (Fsp3) is 0.200. The van der Waals surface area contributed by atoms with Crippen LogP contribution in [0.2, 0.25) is 0 Å². The topological polar surface area (TPSA) is 167 Å². The second-order valence-electron chi connectivity index (χ2n) is 7.08. The minimum absolute atomic E-state index is 0.0171. The van der Waals surface area contributed by atoms with Gasteiger partial charge in [0.2, 0.25) is 5.89 Å². The summed E-state index contributed by atoms with van der Waals surface area (Å²) in [5, 5.41) is 18.5. The third kappa shape index (κ3) is 4.43. The molecule has 13 heteroatoms. The van der Waals surface area contributed by atoms with Crippen molar-refractivity contribution in [1.29, 1.82) is 0 Å². The molecule has 1 aliphatic rings. The van der Waals surface area contributed by atoms with Crippen molar-refractivity contribution < 1.29 is 27.3 Å². The zero-order valence-corrected chi connectivity index (χ0v) is 18.1. The minimum Gasteiger partial charge on any atom is -0.451 e. The number of nitrogens with one attached hydrogen (secondary N) is 1. The van der Waals surface area contributed by atoms with Crippen LogP contribution in [0.5, 0.6) is 0 Å². The van der Waals surface area contributed by atoms with Gasteiger partial charge >= 0.3 is 5.97 Å². The number of non-ortho nitro benzene ring substituents is 1. The van der Waals surface area contributed by atoms with E-state index in [2.05, 4.69) is 19.9 Å². The van der Waals surface area contributed by atoms with E-state index in [9.17, 15) is 23.3 Å². The van der Waals surface area contributed by atoms with E-state index in [-0.39, 0.29) is 28.2 Å². The highest BCUT2D eigenvalue weighted by Crippen LogP contribution is 2.25. The number of ether oxygens (including phenoxy) is 1. The molecule has 0 radical (unpaired) electrons. The van der Waals surface area contributed by atoms with Gasteiger partial charge < -0.3 is 9.15 Å². The summed E-state index contributed by atoms with van der Waals surface area (Å²) in [6.45, 7) is 2.99. The maximum absolute atomic E-state index is 12.5. The number of sulfonamides is 1. The predicted octanol–water partition coefficient (Wildman–Crippen LogP) is 2.38. The summed E-state index contributed by atoms with van der Waals surface area (Å²) in [4.78, 5) is 27.0. The Morgan fingerprint density at radius 1 is 1.15 bits per heavy atom. The summed E-state index contributed by atoms with van der Waals surface area (Å²) in [6, 6.07) is 10.8. The van der Waals surface area contributed by atoms with Crippen LogP contribution in [0.3, 0.4) is 0 Å². The molecule has 1 N–H and O–H groups in total. The standard InChI is InChI=1S/C20H17N5O7S/c1-11(21-17-15-5-3-4-6-16(15)33(29,30)24-17)20(26)31-12(2)18-22-23-19(32-18)13-7-9-14(10-8-13)25(27)28/h3-12H,1-2H3,(H,21,24). The zero-order chi connectivity index (χ0) is 23.8. The average molecular weight is 471 g/mol. The first-order valence-corrected chi connectivity index (χ1v) is 11.1. The number of amidine groups is 1. The molecule has 0 saturated carbocycles. The van der Waals surface area contributed by atoms with Crippen LogP contribution in [0.1, 0.15) is 31.4 Å². The van der Waals surface area contributed by atoms with Crippen LogP contribution >= 0.6 is 0 Å². The number of nitro groups is 1. The number of hydrogen-bond donors (Lipinski definition) is 1. The quantitative estimate of drug-likeness (QED) is 0.322. The smallest absolute Gasteiger partial charge is 0.331 e. The first kappa shape index (κ1) is 22.1. The summed E-state index contributed by atoms with van der Waals surface area (Å²) >= 11 is 0. The summed E-state index contributed by atoms with van der Waals surface area (Å²) < 4.78 is 37.6. The molecule has 170 valence electrons. The Bertz CT molecular complexity index is 1370. The first-order valence-electron chi connectivity index (χ1n) is 9.64. The molecule has 1 aliphatic heterocycles. The monoisotopic (exact) mass is 471 g/mol. The summed E-state index contributed by atoms with van der Waals surface area (Å²) in [6.07, 6.45) is -0.910. The van der Waals surface area contributed by atoms with Crippen LogP contribution in [0.25, 0.3) is 11.5 Å². The Morgan fingerprint density at radius 3 is 2.55 bits per heavy atom. The molecule has 2 heterocycles. The van der Waals surface area contributed by atoms with Gasteiger partial charge in [0.05, 0.1) is 9.82 Å². The molecule has 0 aliphatic carbocycles. The number of rotatable bonds is 6. The molecule has 1 aromatic heterocycles. The highest BCUT2D eigenvalue weighted by atomic mass is 32.2.